The first kappa shape index (κ1) is 15.5. The molecule has 1 aliphatic rings. The van der Waals surface area contributed by atoms with Gasteiger partial charge in [-0.1, -0.05) is 27.7 Å². The van der Waals surface area contributed by atoms with Crippen molar-refractivity contribution in [3.63, 3.8) is 0 Å². The van der Waals surface area contributed by atoms with Gasteiger partial charge >= 0.3 is 0 Å². The Bertz CT molecular complexity index is 281. The molecule has 0 spiro atoms. The Labute approximate surface area is 112 Å². The lowest BCUT2D eigenvalue weighted by molar-refractivity contribution is -0.139. The van der Waals surface area contributed by atoms with E-state index in [1.54, 1.807) is 0 Å². The highest BCUT2D eigenvalue weighted by Gasteiger charge is 2.34. The van der Waals surface area contributed by atoms with Crippen molar-refractivity contribution in [2.75, 3.05) is 7.05 Å². The monoisotopic (exact) mass is 254 g/mol. The highest BCUT2D eigenvalue weighted by molar-refractivity contribution is 5.79. The number of carbonyl (C=O) groups excluding carboxylic acids is 1. The van der Waals surface area contributed by atoms with Crippen molar-refractivity contribution in [3.05, 3.63) is 0 Å². The second kappa shape index (κ2) is 5.60. The van der Waals surface area contributed by atoms with Crippen LogP contribution in [0.4, 0.5) is 0 Å². The van der Waals surface area contributed by atoms with Gasteiger partial charge in [-0.25, -0.2) is 0 Å². The number of rotatable bonds is 2. The van der Waals surface area contributed by atoms with Gasteiger partial charge in [0.05, 0.1) is 0 Å². The minimum Gasteiger partial charge on any atom is -0.342 e. The van der Waals surface area contributed by atoms with Crippen LogP contribution in [0.5, 0.6) is 0 Å². The van der Waals surface area contributed by atoms with Gasteiger partial charge in [-0.05, 0) is 37.5 Å². The molecule has 2 N–H and O–H groups in total. The van der Waals surface area contributed by atoms with Gasteiger partial charge in [0.25, 0.3) is 0 Å². The van der Waals surface area contributed by atoms with Crippen LogP contribution in [-0.4, -0.2) is 29.9 Å². The van der Waals surface area contributed by atoms with E-state index in [9.17, 15) is 4.79 Å². The lowest BCUT2D eigenvalue weighted by Gasteiger charge is -2.39. The molecule has 0 bridgehead atoms. The summed E-state index contributed by atoms with van der Waals surface area (Å²) in [6.45, 7) is 10.9. The Morgan fingerprint density at radius 3 is 2.28 bits per heavy atom. The van der Waals surface area contributed by atoms with Crippen LogP contribution in [-0.2, 0) is 4.79 Å². The van der Waals surface area contributed by atoms with Gasteiger partial charge in [-0.15, -0.1) is 0 Å². The van der Waals surface area contributed by atoms with E-state index in [1.807, 2.05) is 11.9 Å². The van der Waals surface area contributed by atoms with Crippen LogP contribution in [0.2, 0.25) is 0 Å². The van der Waals surface area contributed by atoms with Crippen LogP contribution in [0, 0.1) is 17.3 Å². The molecular formula is C15H30N2O. The SMILES string of the molecule is CC1CC(N)CC(C(=O)N(C)C(C)C(C)(C)C)C1. The molecule has 1 aliphatic carbocycles. The molecule has 1 fully saturated rings. The summed E-state index contributed by atoms with van der Waals surface area (Å²) in [5, 5.41) is 0. The van der Waals surface area contributed by atoms with E-state index in [0.717, 1.165) is 19.3 Å². The van der Waals surface area contributed by atoms with Crippen molar-refractivity contribution in [3.8, 4) is 0 Å². The third kappa shape index (κ3) is 3.71. The van der Waals surface area contributed by atoms with Crippen molar-refractivity contribution < 1.29 is 4.79 Å². The van der Waals surface area contributed by atoms with Crippen molar-refractivity contribution in [1.82, 2.24) is 4.90 Å². The molecule has 106 valence electrons. The van der Waals surface area contributed by atoms with E-state index in [2.05, 4.69) is 34.6 Å². The van der Waals surface area contributed by atoms with Crippen LogP contribution >= 0.6 is 0 Å². The molecule has 1 rings (SSSR count). The molecule has 0 radical (unpaired) electrons. The summed E-state index contributed by atoms with van der Waals surface area (Å²) in [7, 11) is 1.93. The van der Waals surface area contributed by atoms with E-state index in [0.29, 0.717) is 5.92 Å². The minimum absolute atomic E-state index is 0.118. The highest BCUT2D eigenvalue weighted by Crippen LogP contribution is 2.31. The summed E-state index contributed by atoms with van der Waals surface area (Å²) >= 11 is 0. The normalized spacial score (nSPS) is 30.9. The second-order valence-corrected chi connectivity index (χ2v) is 7.26. The quantitative estimate of drug-likeness (QED) is 0.823. The average molecular weight is 254 g/mol. The maximum Gasteiger partial charge on any atom is 0.225 e. The first-order valence-corrected chi connectivity index (χ1v) is 7.15. The van der Waals surface area contributed by atoms with Crippen molar-refractivity contribution >= 4 is 5.91 Å². The lowest BCUT2D eigenvalue weighted by Crippen LogP contribution is -2.47. The Kier molecular flexibility index (Phi) is 4.82. The maximum atomic E-state index is 12.5. The van der Waals surface area contributed by atoms with E-state index in [1.165, 1.54) is 0 Å². The Morgan fingerprint density at radius 1 is 1.28 bits per heavy atom. The van der Waals surface area contributed by atoms with Crippen molar-refractivity contribution in [2.45, 2.75) is 66.0 Å². The molecule has 0 aromatic carbocycles. The fourth-order valence-electron chi connectivity index (χ4n) is 2.92. The minimum atomic E-state index is 0.118. The molecule has 4 unspecified atom stereocenters. The maximum absolute atomic E-state index is 12.5. The number of nitrogens with zero attached hydrogens (tertiary/aromatic N) is 1. The summed E-state index contributed by atoms with van der Waals surface area (Å²) in [6, 6.07) is 0.444. The van der Waals surface area contributed by atoms with Crippen molar-refractivity contribution in [2.24, 2.45) is 23.0 Å². The molecule has 0 aromatic rings. The van der Waals surface area contributed by atoms with E-state index in [-0.39, 0.29) is 29.3 Å². The predicted octanol–water partition coefficient (Wildman–Crippen LogP) is 2.64. The van der Waals surface area contributed by atoms with E-state index >= 15 is 0 Å². The van der Waals surface area contributed by atoms with Crippen LogP contribution in [0.1, 0.15) is 53.9 Å². The zero-order valence-corrected chi connectivity index (χ0v) is 12.9. The summed E-state index contributed by atoms with van der Waals surface area (Å²) in [6.07, 6.45) is 2.90. The van der Waals surface area contributed by atoms with Crippen LogP contribution in [0.25, 0.3) is 0 Å². The van der Waals surface area contributed by atoms with E-state index in [4.69, 9.17) is 5.73 Å². The van der Waals surface area contributed by atoms with E-state index < -0.39 is 0 Å². The largest absolute Gasteiger partial charge is 0.342 e. The zero-order valence-electron chi connectivity index (χ0n) is 12.9. The number of carbonyl (C=O) groups is 1. The van der Waals surface area contributed by atoms with Crippen molar-refractivity contribution in [1.29, 1.82) is 0 Å². The molecule has 0 saturated heterocycles. The van der Waals surface area contributed by atoms with Crippen LogP contribution in [0.3, 0.4) is 0 Å². The molecule has 0 aromatic heterocycles. The predicted molar refractivity (Wildman–Crippen MR) is 76.2 cm³/mol. The number of nitrogens with two attached hydrogens (primary N) is 1. The first-order chi connectivity index (χ1) is 8.12. The fourth-order valence-corrected chi connectivity index (χ4v) is 2.92. The lowest BCUT2D eigenvalue weighted by atomic mass is 9.78. The molecule has 1 amide bonds. The molecule has 0 heterocycles. The molecule has 1 saturated carbocycles. The van der Waals surface area contributed by atoms with Gasteiger partial charge in [0.1, 0.15) is 0 Å². The topological polar surface area (TPSA) is 46.3 Å². The molecule has 3 heteroatoms. The standard InChI is InChI=1S/C15H30N2O/c1-10-7-12(9-13(16)8-10)14(18)17(6)11(2)15(3,4)5/h10-13H,7-9,16H2,1-6H3. The number of hydrogen-bond donors (Lipinski definition) is 1. The molecular weight excluding hydrogens is 224 g/mol. The van der Waals surface area contributed by atoms with Gasteiger partial charge in [-0.2, -0.15) is 0 Å². The third-order valence-electron chi connectivity index (χ3n) is 4.51. The van der Waals surface area contributed by atoms with Gasteiger partial charge in [0, 0.05) is 25.0 Å². The van der Waals surface area contributed by atoms with Gasteiger partial charge < -0.3 is 10.6 Å². The summed E-state index contributed by atoms with van der Waals surface area (Å²) in [4.78, 5) is 14.5. The third-order valence-corrected chi connectivity index (χ3v) is 4.51. The fraction of sp³-hybridized carbons (Fsp3) is 0.933. The zero-order chi connectivity index (χ0) is 14.1. The summed E-state index contributed by atoms with van der Waals surface area (Å²) in [5.74, 6) is 0.971. The average Bonchev–Trinajstić information content (AvgIpc) is 2.23. The Hall–Kier alpha value is -0.570. The van der Waals surface area contributed by atoms with Crippen LogP contribution < -0.4 is 5.73 Å². The molecule has 4 atom stereocenters. The Balaban J connectivity index is 2.69. The van der Waals surface area contributed by atoms with Gasteiger partial charge in [0.2, 0.25) is 5.91 Å². The number of hydrogen-bond acceptors (Lipinski definition) is 2. The summed E-state index contributed by atoms with van der Waals surface area (Å²) < 4.78 is 0. The smallest absolute Gasteiger partial charge is 0.225 e. The molecule has 18 heavy (non-hydrogen) atoms. The number of amides is 1. The van der Waals surface area contributed by atoms with Crippen LogP contribution in [0.15, 0.2) is 0 Å². The Morgan fingerprint density at radius 2 is 1.83 bits per heavy atom. The molecule has 0 aliphatic heterocycles. The first-order valence-electron chi connectivity index (χ1n) is 7.15. The molecule has 3 nitrogen and oxygen atoms in total. The second-order valence-electron chi connectivity index (χ2n) is 7.26. The highest BCUT2D eigenvalue weighted by atomic mass is 16.2. The van der Waals surface area contributed by atoms with Gasteiger partial charge in [0.15, 0.2) is 0 Å². The van der Waals surface area contributed by atoms with Gasteiger partial charge in [-0.3, -0.25) is 4.79 Å². The summed E-state index contributed by atoms with van der Waals surface area (Å²) in [5.41, 5.74) is 6.16.